The molecule has 5 nitrogen and oxygen atoms in total. The van der Waals surface area contributed by atoms with Crippen LogP contribution in [0, 0.1) is 11.8 Å². The summed E-state index contributed by atoms with van der Waals surface area (Å²) in [6, 6.07) is 20.9. The molecule has 0 spiro atoms. The standard InChI is InChI=1S/C34H44N4O/c1-26-14-15-31(25-27(2)24-26)33(30-16-18-36(3)19-17-30)37-20-22-38(23-21-37)34(39)35-32(28-10-6-4-7-11-28)29-12-8-5-9-13-29/h4-15,24-25,30-33H,16-23H2,1-3H3,(H,35,39). The summed E-state index contributed by atoms with van der Waals surface area (Å²) in [7, 11) is 2.24. The number of nitrogens with zero attached hydrogens (tertiary/aromatic N) is 3. The minimum absolute atomic E-state index is 0.0214. The van der Waals surface area contributed by atoms with E-state index >= 15 is 0 Å². The van der Waals surface area contributed by atoms with Crippen LogP contribution < -0.4 is 5.32 Å². The van der Waals surface area contributed by atoms with Crippen molar-refractivity contribution in [3.63, 3.8) is 0 Å². The van der Waals surface area contributed by atoms with Crippen molar-refractivity contribution in [2.24, 2.45) is 11.8 Å². The van der Waals surface area contributed by atoms with Crippen LogP contribution in [0.3, 0.4) is 0 Å². The molecule has 5 rings (SSSR count). The fraction of sp³-hybridized carbons (Fsp3) is 0.441. The number of allylic oxidation sites excluding steroid dienone is 4. The molecule has 39 heavy (non-hydrogen) atoms. The van der Waals surface area contributed by atoms with Gasteiger partial charge in [0.1, 0.15) is 0 Å². The maximum atomic E-state index is 13.6. The molecule has 2 aromatic rings. The van der Waals surface area contributed by atoms with Crippen molar-refractivity contribution in [2.75, 3.05) is 46.3 Å². The van der Waals surface area contributed by atoms with E-state index in [-0.39, 0.29) is 12.1 Å². The van der Waals surface area contributed by atoms with Crippen LogP contribution in [0.2, 0.25) is 0 Å². The second kappa shape index (κ2) is 12.8. The first-order valence-electron chi connectivity index (χ1n) is 14.6. The van der Waals surface area contributed by atoms with Gasteiger partial charge in [0, 0.05) is 38.1 Å². The lowest BCUT2D eigenvalue weighted by atomic mass is 9.80. The molecule has 2 amide bonds. The quantitative estimate of drug-likeness (QED) is 0.512. The Bertz CT molecular complexity index is 1130. The Hall–Kier alpha value is -3.15. The molecule has 2 atom stereocenters. The smallest absolute Gasteiger partial charge is 0.318 e. The Kier molecular flexibility index (Phi) is 9.00. The van der Waals surface area contributed by atoms with Gasteiger partial charge in [0.05, 0.1) is 6.04 Å². The molecule has 1 aliphatic carbocycles. The Morgan fingerprint density at radius 2 is 1.41 bits per heavy atom. The van der Waals surface area contributed by atoms with Crippen LogP contribution in [0.25, 0.3) is 0 Å². The van der Waals surface area contributed by atoms with Gasteiger partial charge >= 0.3 is 6.03 Å². The zero-order valence-corrected chi connectivity index (χ0v) is 23.8. The number of carbonyl (C=O) groups excluding carboxylic acids is 1. The minimum Gasteiger partial charge on any atom is -0.327 e. The molecule has 206 valence electrons. The number of urea groups is 1. The van der Waals surface area contributed by atoms with Crippen molar-refractivity contribution in [3.05, 3.63) is 107 Å². The Morgan fingerprint density at radius 3 is 2.00 bits per heavy atom. The van der Waals surface area contributed by atoms with Gasteiger partial charge in [-0.1, -0.05) is 96.1 Å². The van der Waals surface area contributed by atoms with E-state index in [4.69, 9.17) is 0 Å². The third-order valence-corrected chi connectivity index (χ3v) is 8.69. The van der Waals surface area contributed by atoms with Crippen LogP contribution >= 0.6 is 0 Å². The van der Waals surface area contributed by atoms with Crippen LogP contribution in [-0.4, -0.2) is 73.1 Å². The maximum absolute atomic E-state index is 13.6. The molecule has 2 unspecified atom stereocenters. The number of piperidine rings is 1. The van der Waals surface area contributed by atoms with E-state index in [1.54, 1.807) is 0 Å². The molecule has 2 aliphatic heterocycles. The van der Waals surface area contributed by atoms with E-state index in [0.29, 0.717) is 17.9 Å². The van der Waals surface area contributed by atoms with E-state index in [0.717, 1.165) is 37.3 Å². The van der Waals surface area contributed by atoms with E-state index in [2.05, 4.69) is 84.6 Å². The van der Waals surface area contributed by atoms with Gasteiger partial charge in [-0.15, -0.1) is 0 Å². The lowest BCUT2D eigenvalue weighted by Gasteiger charge is -2.46. The Balaban J connectivity index is 1.28. The van der Waals surface area contributed by atoms with Gasteiger partial charge in [-0.2, -0.15) is 0 Å². The number of rotatable bonds is 6. The molecule has 0 saturated carbocycles. The van der Waals surface area contributed by atoms with Crippen molar-refractivity contribution in [1.82, 2.24) is 20.0 Å². The highest BCUT2D eigenvalue weighted by molar-refractivity contribution is 5.75. The van der Waals surface area contributed by atoms with Crippen LogP contribution in [0.1, 0.15) is 43.9 Å². The van der Waals surface area contributed by atoms with Gasteiger partial charge in [-0.3, -0.25) is 4.90 Å². The summed E-state index contributed by atoms with van der Waals surface area (Å²) in [6.45, 7) is 10.1. The van der Waals surface area contributed by atoms with E-state index in [1.807, 2.05) is 41.3 Å². The van der Waals surface area contributed by atoms with Crippen molar-refractivity contribution in [2.45, 2.75) is 38.8 Å². The molecule has 2 aromatic carbocycles. The third-order valence-electron chi connectivity index (χ3n) is 8.69. The third kappa shape index (κ3) is 6.90. The Labute approximate surface area is 234 Å². The predicted molar refractivity (Wildman–Crippen MR) is 161 cm³/mol. The minimum atomic E-state index is -0.162. The number of piperazine rings is 1. The molecule has 1 N–H and O–H groups in total. The number of benzene rings is 2. The Morgan fingerprint density at radius 1 is 0.821 bits per heavy atom. The van der Waals surface area contributed by atoms with Crippen molar-refractivity contribution in [3.8, 4) is 0 Å². The van der Waals surface area contributed by atoms with Gasteiger partial charge in [-0.05, 0) is 63.9 Å². The second-order valence-electron chi connectivity index (χ2n) is 11.6. The summed E-state index contributed by atoms with van der Waals surface area (Å²) in [5, 5.41) is 3.35. The molecule has 5 heteroatoms. The first-order valence-corrected chi connectivity index (χ1v) is 14.6. The summed E-state index contributed by atoms with van der Waals surface area (Å²) in [4.78, 5) is 20.7. The lowest BCUT2D eigenvalue weighted by molar-refractivity contribution is 0.0459. The summed E-state index contributed by atoms with van der Waals surface area (Å²) in [5.41, 5.74) is 4.88. The van der Waals surface area contributed by atoms with Gasteiger partial charge in [0.15, 0.2) is 0 Å². The van der Waals surface area contributed by atoms with E-state index < -0.39 is 0 Å². The van der Waals surface area contributed by atoms with E-state index in [1.165, 1.54) is 37.1 Å². The zero-order valence-electron chi connectivity index (χ0n) is 23.8. The molecular weight excluding hydrogens is 480 g/mol. The van der Waals surface area contributed by atoms with E-state index in [9.17, 15) is 4.79 Å². The first kappa shape index (κ1) is 27.4. The topological polar surface area (TPSA) is 38.8 Å². The first-order chi connectivity index (χ1) is 19.0. The van der Waals surface area contributed by atoms with Crippen molar-refractivity contribution >= 4 is 6.03 Å². The number of amides is 2. The average Bonchev–Trinajstić information content (AvgIpc) is 3.13. The SMILES string of the molecule is CC1=CC(C)=CC(C(C2CCN(C)CC2)N2CCN(C(=O)NC(c3ccccc3)c3ccccc3)CC2)C=C1. The van der Waals surface area contributed by atoms with Gasteiger partial charge in [0.2, 0.25) is 0 Å². The highest BCUT2D eigenvalue weighted by Crippen LogP contribution is 2.33. The highest BCUT2D eigenvalue weighted by Gasteiger charge is 2.36. The molecule has 0 bridgehead atoms. The zero-order chi connectivity index (χ0) is 27.2. The van der Waals surface area contributed by atoms with Crippen LogP contribution in [0.5, 0.6) is 0 Å². The second-order valence-corrected chi connectivity index (χ2v) is 11.6. The molecule has 2 heterocycles. The fourth-order valence-electron chi connectivity index (χ4n) is 6.60. The molecule has 0 radical (unpaired) electrons. The van der Waals surface area contributed by atoms with Crippen LogP contribution in [-0.2, 0) is 0 Å². The van der Waals surface area contributed by atoms with Crippen LogP contribution in [0.4, 0.5) is 4.79 Å². The molecule has 2 fully saturated rings. The maximum Gasteiger partial charge on any atom is 0.318 e. The number of carbonyl (C=O) groups is 1. The van der Waals surface area contributed by atoms with Crippen molar-refractivity contribution in [1.29, 1.82) is 0 Å². The molecule has 3 aliphatic rings. The fourth-order valence-corrected chi connectivity index (χ4v) is 6.60. The summed E-state index contributed by atoms with van der Waals surface area (Å²) in [6.07, 6.45) is 12.0. The summed E-state index contributed by atoms with van der Waals surface area (Å²) >= 11 is 0. The predicted octanol–water partition coefficient (Wildman–Crippen LogP) is 5.89. The van der Waals surface area contributed by atoms with Crippen molar-refractivity contribution < 1.29 is 4.79 Å². The van der Waals surface area contributed by atoms with Gasteiger partial charge < -0.3 is 15.1 Å². The van der Waals surface area contributed by atoms with Gasteiger partial charge in [-0.25, -0.2) is 4.79 Å². The van der Waals surface area contributed by atoms with Gasteiger partial charge in [0.25, 0.3) is 0 Å². The number of nitrogens with one attached hydrogen (secondary N) is 1. The monoisotopic (exact) mass is 524 g/mol. The molecule has 2 saturated heterocycles. The normalized spacial score (nSPS) is 22.3. The average molecular weight is 525 g/mol. The largest absolute Gasteiger partial charge is 0.327 e. The molecular formula is C34H44N4O. The summed E-state index contributed by atoms with van der Waals surface area (Å²) < 4.78 is 0. The van der Waals surface area contributed by atoms with Crippen LogP contribution in [0.15, 0.2) is 96.1 Å². The number of likely N-dealkylation sites (tertiary alicyclic amines) is 1. The number of hydrogen-bond donors (Lipinski definition) is 1. The summed E-state index contributed by atoms with van der Waals surface area (Å²) in [5.74, 6) is 1.06. The number of hydrogen-bond acceptors (Lipinski definition) is 3. The highest BCUT2D eigenvalue weighted by atomic mass is 16.2. The lowest BCUT2D eigenvalue weighted by Crippen LogP contribution is -2.57. The molecule has 0 aromatic heterocycles.